The number of amides is 1. The number of rotatable bonds is 8. The van der Waals surface area contributed by atoms with Gasteiger partial charge >= 0.3 is 0 Å². The van der Waals surface area contributed by atoms with Crippen molar-refractivity contribution in [1.29, 1.82) is 5.26 Å². The standard InChI is InChI=1S/C31H31N5O/c1-23-5-4-6-26(17-23)21-35-16-14-27-7-2-3-8-29(27)30(31(35)37)34-20-28-19-33-22-36(28)15-13-24-9-11-25(18-32)12-10-24/h2-12,17,19,22,30,34H,13-16,20-21H2,1H3. The van der Waals surface area contributed by atoms with Crippen LogP contribution in [0.3, 0.4) is 0 Å². The summed E-state index contributed by atoms with van der Waals surface area (Å²) < 4.78 is 2.13. The van der Waals surface area contributed by atoms with Gasteiger partial charge in [-0.1, -0.05) is 66.2 Å². The van der Waals surface area contributed by atoms with Crippen LogP contribution in [0.1, 0.15) is 45.1 Å². The van der Waals surface area contributed by atoms with Gasteiger partial charge in [0.2, 0.25) is 5.91 Å². The molecule has 0 bridgehead atoms. The number of hydrogen-bond donors (Lipinski definition) is 1. The summed E-state index contributed by atoms with van der Waals surface area (Å²) in [5.41, 5.74) is 7.50. The van der Waals surface area contributed by atoms with Gasteiger partial charge in [0.1, 0.15) is 6.04 Å². The van der Waals surface area contributed by atoms with E-state index in [1.807, 2.05) is 47.8 Å². The molecule has 1 aliphatic rings. The first-order valence-electron chi connectivity index (χ1n) is 12.7. The number of imidazole rings is 1. The Morgan fingerprint density at radius 2 is 1.89 bits per heavy atom. The summed E-state index contributed by atoms with van der Waals surface area (Å²) in [6.45, 7) is 4.70. The van der Waals surface area contributed by atoms with Crippen molar-refractivity contribution in [2.45, 2.75) is 45.4 Å². The quantitative estimate of drug-likeness (QED) is 0.389. The van der Waals surface area contributed by atoms with E-state index in [1.165, 1.54) is 16.7 Å². The minimum Gasteiger partial charge on any atom is -0.336 e. The molecule has 5 rings (SSSR count). The van der Waals surface area contributed by atoms with Crippen LogP contribution in [-0.2, 0) is 37.3 Å². The Bertz CT molecular complexity index is 1420. The van der Waals surface area contributed by atoms with Crippen LogP contribution in [0, 0.1) is 18.3 Å². The number of nitrogens with one attached hydrogen (secondary N) is 1. The fourth-order valence-corrected chi connectivity index (χ4v) is 5.01. The highest BCUT2D eigenvalue weighted by molar-refractivity contribution is 5.84. The van der Waals surface area contributed by atoms with Gasteiger partial charge in [0, 0.05) is 32.4 Å². The summed E-state index contributed by atoms with van der Waals surface area (Å²) >= 11 is 0. The van der Waals surface area contributed by atoms with Crippen molar-refractivity contribution in [2.24, 2.45) is 0 Å². The molecule has 2 heterocycles. The Morgan fingerprint density at radius 3 is 2.70 bits per heavy atom. The lowest BCUT2D eigenvalue weighted by molar-refractivity contribution is -0.134. The molecule has 0 saturated heterocycles. The molecule has 1 unspecified atom stereocenters. The first-order chi connectivity index (χ1) is 18.1. The third-order valence-electron chi connectivity index (χ3n) is 7.04. The predicted molar refractivity (Wildman–Crippen MR) is 143 cm³/mol. The van der Waals surface area contributed by atoms with Crippen LogP contribution in [0.2, 0.25) is 0 Å². The number of hydrogen-bond acceptors (Lipinski definition) is 4. The van der Waals surface area contributed by atoms with Crippen molar-refractivity contribution in [3.8, 4) is 6.07 Å². The molecule has 6 heteroatoms. The van der Waals surface area contributed by atoms with Gasteiger partial charge in [-0.2, -0.15) is 5.26 Å². The zero-order chi connectivity index (χ0) is 25.6. The minimum absolute atomic E-state index is 0.107. The van der Waals surface area contributed by atoms with Gasteiger partial charge in [0.25, 0.3) is 0 Å². The third kappa shape index (κ3) is 5.79. The van der Waals surface area contributed by atoms with Crippen molar-refractivity contribution >= 4 is 5.91 Å². The number of carbonyl (C=O) groups is 1. The third-order valence-corrected chi connectivity index (χ3v) is 7.04. The zero-order valence-electron chi connectivity index (χ0n) is 21.1. The van der Waals surface area contributed by atoms with E-state index in [9.17, 15) is 4.79 Å². The monoisotopic (exact) mass is 489 g/mol. The van der Waals surface area contributed by atoms with Crippen molar-refractivity contribution in [3.05, 3.63) is 124 Å². The molecule has 0 fully saturated rings. The Hall–Kier alpha value is -4.21. The molecule has 0 aliphatic carbocycles. The molecule has 37 heavy (non-hydrogen) atoms. The average Bonchev–Trinajstić information content (AvgIpc) is 3.33. The maximum atomic E-state index is 13.8. The van der Waals surface area contributed by atoms with Gasteiger partial charge < -0.3 is 9.47 Å². The summed E-state index contributed by atoms with van der Waals surface area (Å²) in [4.78, 5) is 20.2. The second kappa shape index (κ2) is 11.2. The van der Waals surface area contributed by atoms with Crippen LogP contribution in [0.15, 0.2) is 85.3 Å². The molecule has 1 amide bonds. The topological polar surface area (TPSA) is 74.0 Å². The molecule has 1 aromatic heterocycles. The van der Waals surface area contributed by atoms with Crippen molar-refractivity contribution in [1.82, 2.24) is 19.8 Å². The van der Waals surface area contributed by atoms with E-state index in [2.05, 4.69) is 70.3 Å². The van der Waals surface area contributed by atoms with Gasteiger partial charge in [0.05, 0.1) is 23.7 Å². The zero-order valence-corrected chi connectivity index (χ0v) is 21.1. The molecule has 186 valence electrons. The summed E-state index contributed by atoms with van der Waals surface area (Å²) in [6.07, 6.45) is 5.38. The van der Waals surface area contributed by atoms with Crippen LogP contribution in [-0.4, -0.2) is 26.9 Å². The van der Waals surface area contributed by atoms with E-state index in [0.29, 0.717) is 25.2 Å². The van der Waals surface area contributed by atoms with E-state index in [4.69, 9.17) is 5.26 Å². The Morgan fingerprint density at radius 1 is 1.05 bits per heavy atom. The summed E-state index contributed by atoms with van der Waals surface area (Å²) in [5.74, 6) is 0.107. The van der Waals surface area contributed by atoms with E-state index in [1.54, 1.807) is 0 Å². The maximum Gasteiger partial charge on any atom is 0.244 e. The van der Waals surface area contributed by atoms with E-state index in [-0.39, 0.29) is 5.91 Å². The summed E-state index contributed by atoms with van der Waals surface area (Å²) in [7, 11) is 0. The van der Waals surface area contributed by atoms with Crippen LogP contribution >= 0.6 is 0 Å². The van der Waals surface area contributed by atoms with Gasteiger partial charge in [-0.3, -0.25) is 10.1 Å². The Kier molecular flexibility index (Phi) is 7.43. The smallest absolute Gasteiger partial charge is 0.244 e. The van der Waals surface area contributed by atoms with Gasteiger partial charge in [-0.15, -0.1) is 0 Å². The van der Waals surface area contributed by atoms with Crippen LogP contribution in [0.25, 0.3) is 0 Å². The molecule has 0 spiro atoms. The Labute approximate surface area is 218 Å². The molecule has 1 aliphatic heterocycles. The molecule has 6 nitrogen and oxygen atoms in total. The average molecular weight is 490 g/mol. The summed E-state index contributed by atoms with van der Waals surface area (Å²) in [5, 5.41) is 12.6. The van der Waals surface area contributed by atoms with Gasteiger partial charge in [-0.05, 0) is 54.2 Å². The fourth-order valence-electron chi connectivity index (χ4n) is 5.01. The molecule has 1 N–H and O–H groups in total. The predicted octanol–water partition coefficient (Wildman–Crippen LogP) is 4.72. The highest BCUT2D eigenvalue weighted by Gasteiger charge is 2.30. The second-order valence-electron chi connectivity index (χ2n) is 9.65. The molecule has 0 saturated carbocycles. The number of nitriles is 1. The minimum atomic E-state index is -0.412. The number of carbonyl (C=O) groups excluding carboxylic acids is 1. The van der Waals surface area contributed by atoms with Gasteiger partial charge in [-0.25, -0.2) is 4.98 Å². The lowest BCUT2D eigenvalue weighted by Gasteiger charge is -2.26. The summed E-state index contributed by atoms with van der Waals surface area (Å²) in [6, 6.07) is 26.1. The van der Waals surface area contributed by atoms with Crippen LogP contribution in [0.5, 0.6) is 0 Å². The number of aryl methyl sites for hydroxylation is 3. The lowest BCUT2D eigenvalue weighted by atomic mass is 9.99. The first-order valence-corrected chi connectivity index (χ1v) is 12.7. The molecule has 0 radical (unpaired) electrons. The normalized spacial score (nSPS) is 15.2. The van der Waals surface area contributed by atoms with Crippen molar-refractivity contribution in [3.63, 3.8) is 0 Å². The van der Waals surface area contributed by atoms with Crippen LogP contribution < -0.4 is 5.32 Å². The number of fused-ring (bicyclic) bond motifs is 1. The largest absolute Gasteiger partial charge is 0.336 e. The van der Waals surface area contributed by atoms with Crippen molar-refractivity contribution in [2.75, 3.05) is 6.54 Å². The van der Waals surface area contributed by atoms with E-state index in [0.717, 1.165) is 36.2 Å². The Balaban J connectivity index is 1.30. The maximum absolute atomic E-state index is 13.8. The number of nitrogens with zero attached hydrogens (tertiary/aromatic N) is 4. The second-order valence-corrected chi connectivity index (χ2v) is 9.65. The molecule has 1 atom stereocenters. The van der Waals surface area contributed by atoms with Gasteiger partial charge in [0.15, 0.2) is 0 Å². The fraction of sp³-hybridized carbons (Fsp3) is 0.258. The van der Waals surface area contributed by atoms with E-state index < -0.39 is 6.04 Å². The highest BCUT2D eigenvalue weighted by atomic mass is 16.2. The molecular weight excluding hydrogens is 458 g/mol. The number of aromatic nitrogens is 2. The van der Waals surface area contributed by atoms with E-state index >= 15 is 0 Å². The molecule has 4 aromatic rings. The van der Waals surface area contributed by atoms with Crippen molar-refractivity contribution < 1.29 is 4.79 Å². The lowest BCUT2D eigenvalue weighted by Crippen LogP contribution is -2.39. The molecular formula is C31H31N5O. The highest BCUT2D eigenvalue weighted by Crippen LogP contribution is 2.26. The van der Waals surface area contributed by atoms with Crippen LogP contribution in [0.4, 0.5) is 0 Å². The first kappa shape index (κ1) is 24.5. The number of benzene rings is 3. The molecule has 3 aromatic carbocycles. The SMILES string of the molecule is Cc1cccc(CN2CCc3ccccc3C(NCc3cncn3CCc3ccc(C#N)cc3)C2=O)c1.